The number of rotatable bonds is 5. The molecule has 0 aromatic carbocycles. The highest BCUT2D eigenvalue weighted by Gasteiger charge is 2.11. The van der Waals surface area contributed by atoms with E-state index in [2.05, 4.69) is 25.2 Å². The predicted molar refractivity (Wildman–Crippen MR) is 69.4 cm³/mol. The van der Waals surface area contributed by atoms with Gasteiger partial charge in [-0.1, -0.05) is 0 Å². The largest absolute Gasteiger partial charge is 0.352 e. The molecule has 2 aromatic heterocycles. The van der Waals surface area contributed by atoms with Crippen molar-refractivity contribution in [3.05, 3.63) is 24.3 Å². The van der Waals surface area contributed by atoms with Gasteiger partial charge in [0, 0.05) is 12.7 Å². The quantitative estimate of drug-likeness (QED) is 0.760. The number of aromatic nitrogens is 3. The van der Waals surface area contributed by atoms with Gasteiger partial charge >= 0.3 is 0 Å². The minimum atomic E-state index is -0.115. The highest BCUT2D eigenvalue weighted by atomic mass is 16.1. The Balaban J connectivity index is 1.98. The van der Waals surface area contributed by atoms with Gasteiger partial charge in [-0.2, -0.15) is 0 Å². The lowest BCUT2D eigenvalue weighted by Crippen LogP contribution is -2.27. The summed E-state index contributed by atoms with van der Waals surface area (Å²) >= 11 is 0. The second-order valence-electron chi connectivity index (χ2n) is 4.40. The number of hydrogen-bond acceptors (Lipinski definition) is 4. The molecule has 6 heteroatoms. The van der Waals surface area contributed by atoms with E-state index in [9.17, 15) is 4.79 Å². The van der Waals surface area contributed by atoms with Crippen molar-refractivity contribution >= 4 is 16.9 Å². The first-order chi connectivity index (χ1) is 8.68. The summed E-state index contributed by atoms with van der Waals surface area (Å²) in [5, 5.41) is 2.88. The lowest BCUT2D eigenvalue weighted by atomic mass is 10.2. The van der Waals surface area contributed by atoms with Gasteiger partial charge in [-0.25, -0.2) is 4.98 Å². The van der Waals surface area contributed by atoms with Crippen LogP contribution in [0.2, 0.25) is 0 Å². The van der Waals surface area contributed by atoms with Gasteiger partial charge in [-0.3, -0.25) is 9.78 Å². The smallest absolute Gasteiger partial charge is 0.255 e. The topological polar surface area (TPSA) is 73.9 Å². The van der Waals surface area contributed by atoms with Crippen LogP contribution >= 0.6 is 0 Å². The van der Waals surface area contributed by atoms with E-state index >= 15 is 0 Å². The molecule has 0 unspecified atom stereocenters. The van der Waals surface area contributed by atoms with E-state index in [1.54, 1.807) is 18.7 Å². The maximum Gasteiger partial charge on any atom is 0.255 e. The van der Waals surface area contributed by atoms with Crippen LogP contribution in [0, 0.1) is 0 Å². The number of imidazole rings is 1. The van der Waals surface area contributed by atoms with E-state index in [0.717, 1.165) is 18.5 Å². The van der Waals surface area contributed by atoms with Crippen LogP contribution in [0.5, 0.6) is 0 Å². The number of hydrogen-bond donors (Lipinski definition) is 2. The Bertz CT molecular complexity index is 534. The second kappa shape index (κ2) is 5.59. The fourth-order valence-electron chi connectivity index (χ4n) is 1.73. The molecule has 0 saturated carbocycles. The summed E-state index contributed by atoms with van der Waals surface area (Å²) in [5.74, 6) is -0.115. The van der Waals surface area contributed by atoms with Crippen LogP contribution in [0.25, 0.3) is 11.0 Å². The number of nitrogens with zero attached hydrogens (tertiary/aromatic N) is 3. The van der Waals surface area contributed by atoms with Crippen LogP contribution in [0.3, 0.4) is 0 Å². The van der Waals surface area contributed by atoms with Gasteiger partial charge in [0.25, 0.3) is 5.91 Å². The van der Waals surface area contributed by atoms with Crippen molar-refractivity contribution in [1.29, 1.82) is 0 Å². The van der Waals surface area contributed by atoms with Gasteiger partial charge in [0.1, 0.15) is 5.52 Å². The number of H-pyrrole nitrogens is 1. The lowest BCUT2D eigenvalue weighted by molar-refractivity contribution is 0.0953. The van der Waals surface area contributed by atoms with Crippen molar-refractivity contribution < 1.29 is 4.79 Å². The molecule has 0 aliphatic heterocycles. The molecule has 0 radical (unpaired) electrons. The monoisotopic (exact) mass is 247 g/mol. The molecule has 0 fully saturated rings. The Morgan fingerprint density at radius 2 is 2.28 bits per heavy atom. The van der Waals surface area contributed by atoms with E-state index in [1.807, 2.05) is 14.1 Å². The molecular formula is C12H17N5O. The summed E-state index contributed by atoms with van der Waals surface area (Å²) in [6.45, 7) is 1.61. The second-order valence-corrected chi connectivity index (χ2v) is 4.40. The minimum absolute atomic E-state index is 0.115. The molecule has 6 nitrogen and oxygen atoms in total. The van der Waals surface area contributed by atoms with Crippen molar-refractivity contribution in [1.82, 2.24) is 25.2 Å². The molecule has 1 amide bonds. The number of aromatic amines is 1. The summed E-state index contributed by atoms with van der Waals surface area (Å²) in [7, 11) is 4.02. The average Bonchev–Trinajstić information content (AvgIpc) is 2.82. The van der Waals surface area contributed by atoms with Gasteiger partial charge in [0.2, 0.25) is 0 Å². The normalized spacial score (nSPS) is 11.1. The van der Waals surface area contributed by atoms with Crippen molar-refractivity contribution in [2.24, 2.45) is 0 Å². The Morgan fingerprint density at radius 1 is 1.44 bits per heavy atom. The van der Waals surface area contributed by atoms with Crippen molar-refractivity contribution in [2.45, 2.75) is 6.42 Å². The Labute approximate surface area is 105 Å². The maximum atomic E-state index is 12.0. The highest BCUT2D eigenvalue weighted by Crippen LogP contribution is 2.12. The molecule has 2 heterocycles. The Kier molecular flexibility index (Phi) is 3.88. The molecule has 0 atom stereocenters. The molecule has 0 spiro atoms. The van der Waals surface area contributed by atoms with Gasteiger partial charge in [-0.05, 0) is 27.1 Å². The highest BCUT2D eigenvalue weighted by molar-refractivity contribution is 6.04. The number of fused-ring (bicyclic) bond motifs is 1. The molecule has 2 aromatic rings. The lowest BCUT2D eigenvalue weighted by Gasteiger charge is -2.09. The van der Waals surface area contributed by atoms with Gasteiger partial charge in [0.05, 0.1) is 23.6 Å². The fourth-order valence-corrected chi connectivity index (χ4v) is 1.73. The van der Waals surface area contributed by atoms with Gasteiger partial charge in [0.15, 0.2) is 0 Å². The van der Waals surface area contributed by atoms with E-state index in [0.29, 0.717) is 17.6 Å². The number of amides is 1. The molecule has 18 heavy (non-hydrogen) atoms. The third-order valence-electron chi connectivity index (χ3n) is 2.65. The van der Waals surface area contributed by atoms with Gasteiger partial charge in [-0.15, -0.1) is 0 Å². The SMILES string of the molecule is CN(C)CCCNC(=O)c1cncc2nc[nH]c12. The summed E-state index contributed by atoms with van der Waals surface area (Å²) in [5.41, 5.74) is 1.97. The molecule has 0 aliphatic carbocycles. The molecule has 2 N–H and O–H groups in total. The van der Waals surface area contributed by atoms with E-state index in [4.69, 9.17) is 0 Å². The maximum absolute atomic E-state index is 12.0. The van der Waals surface area contributed by atoms with Crippen molar-refractivity contribution in [3.63, 3.8) is 0 Å². The molecule has 96 valence electrons. The van der Waals surface area contributed by atoms with E-state index < -0.39 is 0 Å². The molecular weight excluding hydrogens is 230 g/mol. The van der Waals surface area contributed by atoms with Crippen LogP contribution in [0.15, 0.2) is 18.7 Å². The van der Waals surface area contributed by atoms with Gasteiger partial charge < -0.3 is 15.2 Å². The van der Waals surface area contributed by atoms with E-state index in [1.165, 1.54) is 0 Å². The zero-order valence-electron chi connectivity index (χ0n) is 10.6. The number of carbonyl (C=O) groups is 1. The third-order valence-corrected chi connectivity index (χ3v) is 2.65. The molecule has 0 saturated heterocycles. The fraction of sp³-hybridized carbons (Fsp3) is 0.417. The summed E-state index contributed by atoms with van der Waals surface area (Å²) in [6, 6.07) is 0. The molecule has 0 bridgehead atoms. The standard InChI is InChI=1S/C12H17N5O/c1-17(2)5-3-4-14-12(18)9-6-13-7-10-11(9)16-8-15-10/h6-8H,3-5H2,1-2H3,(H,14,18)(H,15,16). The zero-order chi connectivity index (χ0) is 13.0. The predicted octanol–water partition coefficient (Wildman–Crippen LogP) is 0.639. The van der Waals surface area contributed by atoms with Crippen LogP contribution < -0.4 is 5.32 Å². The number of nitrogens with one attached hydrogen (secondary N) is 2. The zero-order valence-corrected chi connectivity index (χ0v) is 10.6. The summed E-state index contributed by atoms with van der Waals surface area (Å²) < 4.78 is 0. The van der Waals surface area contributed by atoms with Crippen LogP contribution in [-0.4, -0.2) is 52.9 Å². The number of carbonyl (C=O) groups excluding carboxylic acids is 1. The first kappa shape index (κ1) is 12.5. The molecule has 2 rings (SSSR count). The third kappa shape index (κ3) is 2.84. The van der Waals surface area contributed by atoms with Crippen molar-refractivity contribution in [3.8, 4) is 0 Å². The Morgan fingerprint density at radius 3 is 3.06 bits per heavy atom. The number of pyridine rings is 1. The van der Waals surface area contributed by atoms with Crippen LogP contribution in [0.4, 0.5) is 0 Å². The Hall–Kier alpha value is -1.95. The summed E-state index contributed by atoms with van der Waals surface area (Å²) in [6.07, 6.45) is 5.68. The van der Waals surface area contributed by atoms with Crippen LogP contribution in [-0.2, 0) is 0 Å². The average molecular weight is 247 g/mol. The first-order valence-corrected chi connectivity index (χ1v) is 5.88. The van der Waals surface area contributed by atoms with Crippen molar-refractivity contribution in [2.75, 3.05) is 27.2 Å². The van der Waals surface area contributed by atoms with Crippen LogP contribution in [0.1, 0.15) is 16.8 Å². The first-order valence-electron chi connectivity index (χ1n) is 5.88. The molecule has 0 aliphatic rings. The van der Waals surface area contributed by atoms with E-state index in [-0.39, 0.29) is 5.91 Å². The summed E-state index contributed by atoms with van der Waals surface area (Å²) in [4.78, 5) is 25.1. The minimum Gasteiger partial charge on any atom is -0.352 e.